The predicted molar refractivity (Wildman–Crippen MR) is 115 cm³/mol. The first-order chi connectivity index (χ1) is 14.2. The number of benzene rings is 1. The summed E-state index contributed by atoms with van der Waals surface area (Å²) in [5.41, 5.74) is 3.31. The summed E-state index contributed by atoms with van der Waals surface area (Å²) in [6.07, 6.45) is 7.51. The van der Waals surface area contributed by atoms with Crippen LogP contribution < -0.4 is 0 Å². The van der Waals surface area contributed by atoms with Crippen molar-refractivity contribution in [2.24, 2.45) is 0 Å². The zero-order valence-corrected chi connectivity index (χ0v) is 17.7. The van der Waals surface area contributed by atoms with Crippen LogP contribution >= 0.6 is 11.8 Å². The fourth-order valence-electron chi connectivity index (χ4n) is 3.73. The number of amides is 1. The molecular formula is C22H26N4O2S. The van der Waals surface area contributed by atoms with E-state index in [1.807, 2.05) is 24.2 Å². The number of carbonyl (C=O) groups excluding carboxylic acids is 1. The van der Waals surface area contributed by atoms with Crippen molar-refractivity contribution < 1.29 is 9.53 Å². The molecule has 29 heavy (non-hydrogen) atoms. The Kier molecular flexibility index (Phi) is 6.16. The Morgan fingerprint density at radius 2 is 2.00 bits per heavy atom. The van der Waals surface area contributed by atoms with Crippen molar-refractivity contribution in [3.63, 3.8) is 0 Å². The van der Waals surface area contributed by atoms with Crippen molar-refractivity contribution >= 4 is 28.8 Å². The number of hydrogen-bond donors (Lipinski definition) is 0. The Bertz CT molecular complexity index is 980. The van der Waals surface area contributed by atoms with E-state index in [0.717, 1.165) is 42.8 Å². The van der Waals surface area contributed by atoms with E-state index in [9.17, 15) is 4.79 Å². The third kappa shape index (κ3) is 4.31. The molecule has 1 aliphatic heterocycles. The van der Waals surface area contributed by atoms with Gasteiger partial charge in [0.25, 0.3) is 5.91 Å². The second-order valence-electron chi connectivity index (χ2n) is 7.23. The van der Waals surface area contributed by atoms with Crippen LogP contribution in [-0.4, -0.2) is 51.4 Å². The van der Waals surface area contributed by atoms with Gasteiger partial charge in [0.1, 0.15) is 5.52 Å². The molecule has 1 fully saturated rings. The Balaban J connectivity index is 1.53. The molecule has 0 aliphatic carbocycles. The molecule has 1 aliphatic rings. The summed E-state index contributed by atoms with van der Waals surface area (Å²) in [7, 11) is 0. The van der Waals surface area contributed by atoms with E-state index >= 15 is 0 Å². The van der Waals surface area contributed by atoms with Gasteiger partial charge in [0.15, 0.2) is 5.65 Å². The van der Waals surface area contributed by atoms with Crippen LogP contribution in [-0.2, 0) is 11.3 Å². The lowest BCUT2D eigenvalue weighted by molar-refractivity contribution is 0.0704. The smallest absolute Gasteiger partial charge is 0.255 e. The first kappa shape index (κ1) is 19.9. The van der Waals surface area contributed by atoms with Crippen LogP contribution in [0.25, 0.3) is 11.2 Å². The maximum absolute atomic E-state index is 13.1. The van der Waals surface area contributed by atoms with Gasteiger partial charge in [0.2, 0.25) is 0 Å². The van der Waals surface area contributed by atoms with Gasteiger partial charge < -0.3 is 14.2 Å². The highest BCUT2D eigenvalue weighted by Gasteiger charge is 2.20. The van der Waals surface area contributed by atoms with Gasteiger partial charge in [-0.05, 0) is 49.8 Å². The number of nitrogens with zero attached hydrogens (tertiary/aromatic N) is 4. The maximum Gasteiger partial charge on any atom is 0.255 e. The van der Waals surface area contributed by atoms with E-state index in [0.29, 0.717) is 24.7 Å². The second kappa shape index (κ2) is 8.97. The highest BCUT2D eigenvalue weighted by Crippen LogP contribution is 2.25. The topological polar surface area (TPSA) is 60.2 Å². The van der Waals surface area contributed by atoms with Crippen LogP contribution in [0.3, 0.4) is 0 Å². The third-order valence-electron chi connectivity index (χ3n) is 5.45. The molecule has 1 aromatic carbocycles. The minimum absolute atomic E-state index is 0.0172. The first-order valence-electron chi connectivity index (χ1n) is 10.0. The first-order valence-corrected chi connectivity index (χ1v) is 11.2. The van der Waals surface area contributed by atoms with Crippen LogP contribution in [0.5, 0.6) is 0 Å². The molecule has 1 amide bonds. The highest BCUT2D eigenvalue weighted by atomic mass is 32.2. The van der Waals surface area contributed by atoms with Gasteiger partial charge in [-0.3, -0.25) is 4.79 Å². The molecule has 0 saturated carbocycles. The van der Waals surface area contributed by atoms with E-state index in [4.69, 9.17) is 4.74 Å². The molecule has 0 radical (unpaired) electrons. The number of ether oxygens (including phenoxy) is 1. The van der Waals surface area contributed by atoms with Crippen LogP contribution in [0.4, 0.5) is 0 Å². The molecule has 0 atom stereocenters. The number of pyridine rings is 1. The maximum atomic E-state index is 13.1. The summed E-state index contributed by atoms with van der Waals surface area (Å²) in [6.45, 7) is 4.75. The molecule has 3 aromatic rings. The lowest BCUT2D eigenvalue weighted by atomic mass is 10.1. The zero-order valence-electron chi connectivity index (χ0n) is 16.9. The number of fused-ring (bicyclic) bond motifs is 1. The van der Waals surface area contributed by atoms with Gasteiger partial charge in [-0.15, -0.1) is 11.8 Å². The van der Waals surface area contributed by atoms with Gasteiger partial charge in [-0.2, -0.15) is 0 Å². The van der Waals surface area contributed by atoms with Crippen molar-refractivity contribution in [1.82, 2.24) is 19.4 Å². The summed E-state index contributed by atoms with van der Waals surface area (Å²) in [5.74, 6) is -0.0172. The Morgan fingerprint density at radius 1 is 1.24 bits per heavy atom. The number of aromatic nitrogens is 3. The molecule has 2 aromatic heterocycles. The quantitative estimate of drug-likeness (QED) is 0.571. The third-order valence-corrected chi connectivity index (χ3v) is 6.19. The predicted octanol–water partition coefficient (Wildman–Crippen LogP) is 4.17. The summed E-state index contributed by atoms with van der Waals surface area (Å²) in [4.78, 5) is 25.3. The second-order valence-corrected chi connectivity index (χ2v) is 8.11. The minimum Gasteiger partial charge on any atom is -0.381 e. The van der Waals surface area contributed by atoms with E-state index in [-0.39, 0.29) is 5.91 Å². The van der Waals surface area contributed by atoms with E-state index in [1.165, 1.54) is 4.90 Å². The van der Waals surface area contributed by atoms with Gasteiger partial charge in [-0.1, -0.05) is 12.1 Å². The van der Waals surface area contributed by atoms with Crippen LogP contribution in [0.15, 0.2) is 47.8 Å². The van der Waals surface area contributed by atoms with Gasteiger partial charge in [-0.25, -0.2) is 9.97 Å². The van der Waals surface area contributed by atoms with Crippen LogP contribution in [0.2, 0.25) is 0 Å². The molecule has 6 nitrogen and oxygen atoms in total. The van der Waals surface area contributed by atoms with Crippen LogP contribution in [0, 0.1) is 0 Å². The molecule has 3 heterocycles. The van der Waals surface area contributed by atoms with Crippen molar-refractivity contribution in [2.45, 2.75) is 37.2 Å². The molecule has 0 spiro atoms. The summed E-state index contributed by atoms with van der Waals surface area (Å²) in [6, 6.07) is 10.6. The zero-order chi connectivity index (χ0) is 20.2. The molecule has 4 rings (SSSR count). The number of thioether (sulfide) groups is 1. The largest absolute Gasteiger partial charge is 0.381 e. The van der Waals surface area contributed by atoms with Crippen molar-refractivity contribution in [2.75, 3.05) is 26.0 Å². The van der Waals surface area contributed by atoms with Crippen molar-refractivity contribution in [1.29, 1.82) is 0 Å². The normalized spacial score (nSPS) is 15.0. The number of imidazole rings is 1. The van der Waals surface area contributed by atoms with E-state index in [2.05, 4.69) is 45.1 Å². The van der Waals surface area contributed by atoms with E-state index < -0.39 is 0 Å². The molecule has 1 saturated heterocycles. The lowest BCUT2D eigenvalue weighted by Gasteiger charge is -2.23. The molecule has 152 valence electrons. The Labute approximate surface area is 175 Å². The van der Waals surface area contributed by atoms with Gasteiger partial charge in [0, 0.05) is 43.4 Å². The number of carbonyl (C=O) groups is 1. The summed E-state index contributed by atoms with van der Waals surface area (Å²) < 4.78 is 7.58. The SMILES string of the molecule is CCN(Cc1ccc(SC)cc1)C(=O)c1cnc2c(c1)ncn2C1CCOCC1. The fraction of sp³-hybridized carbons (Fsp3) is 0.409. The minimum atomic E-state index is -0.0172. The standard InChI is InChI=1S/C22H26N4O2S/c1-3-25(14-16-4-6-19(29-2)7-5-16)22(27)17-12-20-21(23-13-17)26(15-24-20)18-8-10-28-11-9-18/h4-7,12-13,15,18H,3,8-11,14H2,1-2H3. The molecular weight excluding hydrogens is 384 g/mol. The number of rotatable bonds is 6. The molecule has 0 N–H and O–H groups in total. The summed E-state index contributed by atoms with van der Waals surface area (Å²) in [5, 5.41) is 0. The molecule has 0 unspecified atom stereocenters. The lowest BCUT2D eigenvalue weighted by Crippen LogP contribution is -2.30. The van der Waals surface area contributed by atoms with E-state index in [1.54, 1.807) is 18.0 Å². The number of hydrogen-bond acceptors (Lipinski definition) is 5. The average molecular weight is 411 g/mol. The molecule has 0 bridgehead atoms. The average Bonchev–Trinajstić information content (AvgIpc) is 3.21. The van der Waals surface area contributed by atoms with Gasteiger partial charge in [0.05, 0.1) is 11.9 Å². The highest BCUT2D eigenvalue weighted by molar-refractivity contribution is 7.98. The van der Waals surface area contributed by atoms with Crippen LogP contribution in [0.1, 0.15) is 41.7 Å². The van der Waals surface area contributed by atoms with Gasteiger partial charge >= 0.3 is 0 Å². The Morgan fingerprint density at radius 3 is 2.69 bits per heavy atom. The monoisotopic (exact) mass is 410 g/mol. The Hall–Kier alpha value is -2.38. The summed E-state index contributed by atoms with van der Waals surface area (Å²) >= 11 is 1.71. The fourth-order valence-corrected chi connectivity index (χ4v) is 4.14. The molecule has 7 heteroatoms. The van der Waals surface area contributed by atoms with Crippen molar-refractivity contribution in [3.8, 4) is 0 Å². The van der Waals surface area contributed by atoms with Crippen molar-refractivity contribution in [3.05, 3.63) is 54.0 Å².